The zero-order valence-corrected chi connectivity index (χ0v) is 16.0. The molecule has 0 radical (unpaired) electrons. The summed E-state index contributed by atoms with van der Waals surface area (Å²) in [4.78, 5) is 20.0. The first-order valence-electron chi connectivity index (χ1n) is 9.34. The fraction of sp³-hybridized carbons (Fsp3) is 0.273. The molecule has 1 N–H and O–H groups in total. The first-order valence-corrected chi connectivity index (χ1v) is 10.2. The molecule has 3 heterocycles. The second-order valence-corrected chi connectivity index (χ2v) is 7.89. The minimum Gasteiger partial charge on any atom is -0.349 e. The zero-order chi connectivity index (χ0) is 18.5. The van der Waals surface area contributed by atoms with Crippen molar-refractivity contribution in [2.45, 2.75) is 25.4 Å². The molecule has 1 fully saturated rings. The van der Waals surface area contributed by atoms with Crippen molar-refractivity contribution in [3.63, 3.8) is 0 Å². The van der Waals surface area contributed by atoms with Gasteiger partial charge in [-0.1, -0.05) is 24.3 Å². The first-order chi connectivity index (χ1) is 13.3. The summed E-state index contributed by atoms with van der Waals surface area (Å²) in [5.74, 6) is -0.000464. The smallest absolute Gasteiger partial charge is 0.251 e. The highest BCUT2D eigenvalue weighted by Gasteiger charge is 2.21. The molecule has 4 nitrogen and oxygen atoms in total. The molecule has 1 aliphatic heterocycles. The monoisotopic (exact) mass is 377 g/mol. The molecule has 138 valence electrons. The number of carbonyl (C=O) groups excluding carboxylic acids is 1. The number of aromatic nitrogens is 1. The SMILES string of the molecule is O=C(NC1CCN(Cc2cccc(-c3cccs3)c2)CC1)c1ccncc1. The molecule has 5 heteroatoms. The number of hydrogen-bond donors (Lipinski definition) is 1. The van der Waals surface area contributed by atoms with E-state index in [4.69, 9.17) is 0 Å². The van der Waals surface area contributed by atoms with Crippen molar-refractivity contribution in [3.8, 4) is 10.4 Å². The molecule has 0 unspecified atom stereocenters. The Morgan fingerprint density at radius 2 is 1.93 bits per heavy atom. The van der Waals surface area contributed by atoms with E-state index >= 15 is 0 Å². The largest absolute Gasteiger partial charge is 0.349 e. The van der Waals surface area contributed by atoms with Gasteiger partial charge in [-0.25, -0.2) is 0 Å². The van der Waals surface area contributed by atoms with E-state index in [2.05, 4.69) is 57.0 Å². The van der Waals surface area contributed by atoms with E-state index in [1.165, 1.54) is 16.0 Å². The molecule has 0 aliphatic carbocycles. The third kappa shape index (κ3) is 4.62. The highest BCUT2D eigenvalue weighted by molar-refractivity contribution is 7.13. The van der Waals surface area contributed by atoms with Crippen molar-refractivity contribution >= 4 is 17.2 Å². The molecule has 2 aromatic heterocycles. The maximum absolute atomic E-state index is 12.3. The molecule has 0 saturated carbocycles. The Balaban J connectivity index is 1.30. The lowest BCUT2D eigenvalue weighted by Crippen LogP contribution is -2.44. The molecule has 0 bridgehead atoms. The van der Waals surface area contributed by atoms with Gasteiger partial charge in [-0.2, -0.15) is 0 Å². The van der Waals surface area contributed by atoms with E-state index in [1.54, 1.807) is 35.9 Å². The van der Waals surface area contributed by atoms with Gasteiger partial charge in [0.05, 0.1) is 0 Å². The number of likely N-dealkylation sites (tertiary alicyclic amines) is 1. The highest BCUT2D eigenvalue weighted by atomic mass is 32.1. The molecule has 0 atom stereocenters. The normalized spacial score (nSPS) is 15.6. The Morgan fingerprint density at radius 3 is 2.67 bits per heavy atom. The molecule has 4 rings (SSSR count). The summed E-state index contributed by atoms with van der Waals surface area (Å²) in [5.41, 5.74) is 3.32. The number of nitrogens with one attached hydrogen (secondary N) is 1. The molecule has 27 heavy (non-hydrogen) atoms. The van der Waals surface area contributed by atoms with Crippen LogP contribution >= 0.6 is 11.3 Å². The summed E-state index contributed by atoms with van der Waals surface area (Å²) in [6.45, 7) is 2.97. The molecule has 1 aliphatic rings. The van der Waals surface area contributed by atoms with Gasteiger partial charge in [0.1, 0.15) is 0 Å². The summed E-state index contributed by atoms with van der Waals surface area (Å²) < 4.78 is 0. The number of nitrogens with zero attached hydrogens (tertiary/aromatic N) is 2. The molecular weight excluding hydrogens is 354 g/mol. The maximum Gasteiger partial charge on any atom is 0.251 e. The lowest BCUT2D eigenvalue weighted by molar-refractivity contribution is 0.0909. The van der Waals surface area contributed by atoms with Gasteiger partial charge in [-0.15, -0.1) is 11.3 Å². The van der Waals surface area contributed by atoms with Crippen LogP contribution in [0.4, 0.5) is 0 Å². The Labute approximate surface area is 163 Å². The Bertz CT molecular complexity index is 872. The van der Waals surface area contributed by atoms with E-state index in [1.807, 2.05) is 0 Å². The van der Waals surface area contributed by atoms with Crippen LogP contribution in [0.1, 0.15) is 28.8 Å². The van der Waals surface area contributed by atoms with Crippen LogP contribution in [0.15, 0.2) is 66.3 Å². The molecule has 0 spiro atoms. The summed E-state index contributed by atoms with van der Waals surface area (Å²) in [7, 11) is 0. The maximum atomic E-state index is 12.3. The number of rotatable bonds is 5. The van der Waals surface area contributed by atoms with Crippen molar-refractivity contribution in [2.24, 2.45) is 0 Å². The standard InChI is InChI=1S/C22H23N3OS/c26-22(18-6-10-23-11-7-18)24-20-8-12-25(13-9-20)16-17-3-1-4-19(15-17)21-5-2-14-27-21/h1-7,10-11,14-15,20H,8-9,12-13,16H2,(H,24,26). The third-order valence-corrected chi connectivity index (χ3v) is 5.92. The second kappa shape index (κ2) is 8.46. The van der Waals surface area contributed by atoms with E-state index in [-0.39, 0.29) is 11.9 Å². The number of thiophene rings is 1. The number of hydrogen-bond acceptors (Lipinski definition) is 4. The van der Waals surface area contributed by atoms with Gasteiger partial charge < -0.3 is 5.32 Å². The summed E-state index contributed by atoms with van der Waals surface area (Å²) in [5, 5.41) is 5.27. The lowest BCUT2D eigenvalue weighted by atomic mass is 10.0. The Morgan fingerprint density at radius 1 is 1.11 bits per heavy atom. The van der Waals surface area contributed by atoms with Gasteiger partial charge in [0, 0.05) is 48.5 Å². The van der Waals surface area contributed by atoms with E-state index in [9.17, 15) is 4.79 Å². The average molecular weight is 378 g/mol. The van der Waals surface area contributed by atoms with Crippen LogP contribution < -0.4 is 5.32 Å². The Hall–Kier alpha value is -2.50. The van der Waals surface area contributed by atoms with Gasteiger partial charge in [-0.3, -0.25) is 14.7 Å². The van der Waals surface area contributed by atoms with Crippen LogP contribution in [0.25, 0.3) is 10.4 Å². The van der Waals surface area contributed by atoms with Crippen molar-refractivity contribution in [1.29, 1.82) is 0 Å². The lowest BCUT2D eigenvalue weighted by Gasteiger charge is -2.32. The third-order valence-electron chi connectivity index (χ3n) is 5.00. The number of amides is 1. The van der Waals surface area contributed by atoms with Gasteiger partial charge >= 0.3 is 0 Å². The van der Waals surface area contributed by atoms with Gasteiger partial charge in [-0.05, 0) is 53.6 Å². The summed E-state index contributed by atoms with van der Waals surface area (Å²) >= 11 is 1.78. The number of benzene rings is 1. The number of pyridine rings is 1. The number of piperidine rings is 1. The summed E-state index contributed by atoms with van der Waals surface area (Å²) in [6, 6.07) is 16.8. The van der Waals surface area contributed by atoms with Crippen molar-refractivity contribution in [2.75, 3.05) is 13.1 Å². The predicted octanol–water partition coefficient (Wildman–Crippen LogP) is 4.20. The van der Waals surface area contributed by atoms with E-state index < -0.39 is 0 Å². The molecule has 1 saturated heterocycles. The van der Waals surface area contributed by atoms with Gasteiger partial charge in [0.2, 0.25) is 0 Å². The van der Waals surface area contributed by atoms with Crippen LogP contribution in [0, 0.1) is 0 Å². The van der Waals surface area contributed by atoms with Crippen molar-refractivity contribution in [1.82, 2.24) is 15.2 Å². The predicted molar refractivity (Wildman–Crippen MR) is 110 cm³/mol. The molecular formula is C22H23N3OS. The zero-order valence-electron chi connectivity index (χ0n) is 15.2. The van der Waals surface area contributed by atoms with Crippen molar-refractivity contribution < 1.29 is 4.79 Å². The topological polar surface area (TPSA) is 45.2 Å². The molecule has 1 aromatic carbocycles. The van der Waals surface area contributed by atoms with Crippen LogP contribution in [-0.2, 0) is 6.54 Å². The van der Waals surface area contributed by atoms with Gasteiger partial charge in [0.15, 0.2) is 0 Å². The van der Waals surface area contributed by atoms with Crippen LogP contribution in [-0.4, -0.2) is 34.9 Å². The average Bonchev–Trinajstić information content (AvgIpc) is 3.25. The molecule has 1 amide bonds. The van der Waals surface area contributed by atoms with Gasteiger partial charge in [0.25, 0.3) is 5.91 Å². The first kappa shape index (κ1) is 17.9. The highest BCUT2D eigenvalue weighted by Crippen LogP contribution is 2.26. The van der Waals surface area contributed by atoms with Crippen LogP contribution in [0.5, 0.6) is 0 Å². The summed E-state index contributed by atoms with van der Waals surface area (Å²) in [6.07, 6.45) is 5.28. The fourth-order valence-electron chi connectivity index (χ4n) is 3.53. The van der Waals surface area contributed by atoms with Crippen LogP contribution in [0.3, 0.4) is 0 Å². The number of carbonyl (C=O) groups is 1. The van der Waals surface area contributed by atoms with Crippen LogP contribution in [0.2, 0.25) is 0 Å². The Kier molecular flexibility index (Phi) is 5.61. The molecule has 3 aromatic rings. The van der Waals surface area contributed by atoms with Crippen molar-refractivity contribution in [3.05, 3.63) is 77.4 Å². The quantitative estimate of drug-likeness (QED) is 0.725. The van der Waals surface area contributed by atoms with E-state index in [0.717, 1.165) is 32.5 Å². The van der Waals surface area contributed by atoms with E-state index in [0.29, 0.717) is 5.56 Å². The second-order valence-electron chi connectivity index (χ2n) is 6.94. The fourth-order valence-corrected chi connectivity index (χ4v) is 4.26. The minimum atomic E-state index is -0.000464. The minimum absolute atomic E-state index is 0.000464.